The monoisotopic (exact) mass is 168 g/mol. The number of aldehydes is 1. The molecule has 0 bridgehead atoms. The third-order valence-electron chi connectivity index (χ3n) is 2.43. The Balaban J connectivity index is 2.27. The van der Waals surface area contributed by atoms with Gasteiger partial charge in [0.1, 0.15) is 12.9 Å². The lowest BCUT2D eigenvalue weighted by Crippen LogP contribution is -2.16. The normalized spacial score (nSPS) is 29.4. The summed E-state index contributed by atoms with van der Waals surface area (Å²) < 4.78 is 5.39. The van der Waals surface area contributed by atoms with Crippen LogP contribution in [-0.4, -0.2) is 19.0 Å². The first-order valence-corrected chi connectivity index (χ1v) is 4.45. The minimum absolute atomic E-state index is 0.224. The van der Waals surface area contributed by atoms with E-state index in [1.165, 1.54) is 6.42 Å². The molecule has 0 saturated heterocycles. The Morgan fingerprint density at radius 1 is 1.75 bits per heavy atom. The highest BCUT2D eigenvalue weighted by Gasteiger charge is 2.39. The Bertz CT molecular complexity index is 165. The summed E-state index contributed by atoms with van der Waals surface area (Å²) in [5.74, 6) is 1.42. The first-order valence-electron chi connectivity index (χ1n) is 4.45. The van der Waals surface area contributed by atoms with Crippen LogP contribution in [0.25, 0.3) is 0 Å². The molecular weight excluding hydrogens is 152 g/mol. The minimum Gasteiger partial charge on any atom is -0.370 e. The van der Waals surface area contributed by atoms with E-state index in [1.807, 2.05) is 6.08 Å². The van der Waals surface area contributed by atoms with Crippen molar-refractivity contribution >= 4 is 6.29 Å². The van der Waals surface area contributed by atoms with Gasteiger partial charge in [0.05, 0.1) is 6.10 Å². The van der Waals surface area contributed by atoms with Crippen LogP contribution in [0, 0.1) is 11.8 Å². The van der Waals surface area contributed by atoms with Crippen molar-refractivity contribution < 1.29 is 9.53 Å². The van der Waals surface area contributed by atoms with Crippen LogP contribution < -0.4 is 0 Å². The van der Waals surface area contributed by atoms with Crippen molar-refractivity contribution in [3.05, 3.63) is 12.7 Å². The molecule has 3 atom stereocenters. The topological polar surface area (TPSA) is 26.3 Å². The molecule has 1 saturated carbocycles. The standard InChI is InChI=1S/C10H16O2/c1-3-4-10(12-6-5-11)9-7-8(9)2/h3,5,8-10H,1,4,6-7H2,2H3. The molecule has 0 radical (unpaired) electrons. The van der Waals surface area contributed by atoms with E-state index in [0.717, 1.165) is 18.6 Å². The van der Waals surface area contributed by atoms with Crippen molar-refractivity contribution in [1.29, 1.82) is 0 Å². The Kier molecular flexibility index (Phi) is 3.48. The number of ether oxygens (including phenoxy) is 1. The summed E-state index contributed by atoms with van der Waals surface area (Å²) >= 11 is 0. The molecule has 1 rings (SSSR count). The molecule has 0 amide bonds. The van der Waals surface area contributed by atoms with Crippen LogP contribution in [0.2, 0.25) is 0 Å². The maximum Gasteiger partial charge on any atom is 0.145 e. The highest BCUT2D eigenvalue weighted by atomic mass is 16.5. The molecule has 68 valence electrons. The van der Waals surface area contributed by atoms with Crippen LogP contribution in [0.15, 0.2) is 12.7 Å². The molecule has 0 aromatic heterocycles. The van der Waals surface area contributed by atoms with Crippen LogP contribution >= 0.6 is 0 Å². The van der Waals surface area contributed by atoms with Crippen molar-refractivity contribution in [1.82, 2.24) is 0 Å². The second-order valence-corrected chi connectivity index (χ2v) is 3.44. The predicted octanol–water partition coefficient (Wildman–Crippen LogP) is 1.80. The first kappa shape index (κ1) is 9.46. The van der Waals surface area contributed by atoms with Gasteiger partial charge in [0.15, 0.2) is 0 Å². The van der Waals surface area contributed by atoms with E-state index in [2.05, 4.69) is 13.5 Å². The lowest BCUT2D eigenvalue weighted by atomic mass is 10.1. The van der Waals surface area contributed by atoms with E-state index in [4.69, 9.17) is 4.74 Å². The summed E-state index contributed by atoms with van der Waals surface area (Å²) in [6.45, 7) is 6.11. The molecule has 0 aliphatic heterocycles. The molecule has 0 aromatic carbocycles. The number of rotatable bonds is 6. The Hall–Kier alpha value is -0.630. The van der Waals surface area contributed by atoms with Gasteiger partial charge in [-0.25, -0.2) is 0 Å². The van der Waals surface area contributed by atoms with Crippen LogP contribution in [0.3, 0.4) is 0 Å². The van der Waals surface area contributed by atoms with Gasteiger partial charge in [-0.2, -0.15) is 0 Å². The molecule has 1 fully saturated rings. The van der Waals surface area contributed by atoms with Gasteiger partial charge in [-0.05, 0) is 24.7 Å². The van der Waals surface area contributed by atoms with Gasteiger partial charge in [0.2, 0.25) is 0 Å². The molecule has 3 unspecified atom stereocenters. The summed E-state index contributed by atoms with van der Waals surface area (Å²) in [4.78, 5) is 10.1. The van der Waals surface area contributed by atoms with Crippen LogP contribution in [0.1, 0.15) is 19.8 Å². The van der Waals surface area contributed by atoms with E-state index in [0.29, 0.717) is 5.92 Å². The van der Waals surface area contributed by atoms with Crippen LogP contribution in [0.5, 0.6) is 0 Å². The molecule has 0 heterocycles. The van der Waals surface area contributed by atoms with Crippen molar-refractivity contribution in [2.45, 2.75) is 25.9 Å². The quantitative estimate of drug-likeness (QED) is 0.446. The number of carbonyl (C=O) groups is 1. The third-order valence-corrected chi connectivity index (χ3v) is 2.43. The zero-order valence-electron chi connectivity index (χ0n) is 7.53. The van der Waals surface area contributed by atoms with Gasteiger partial charge in [-0.1, -0.05) is 13.0 Å². The second-order valence-electron chi connectivity index (χ2n) is 3.44. The van der Waals surface area contributed by atoms with Gasteiger partial charge in [0.25, 0.3) is 0 Å². The zero-order valence-corrected chi connectivity index (χ0v) is 7.53. The first-order chi connectivity index (χ1) is 5.79. The Labute approximate surface area is 73.6 Å². The largest absolute Gasteiger partial charge is 0.370 e. The van der Waals surface area contributed by atoms with E-state index in [9.17, 15) is 4.79 Å². The molecule has 12 heavy (non-hydrogen) atoms. The van der Waals surface area contributed by atoms with Gasteiger partial charge in [-0.3, -0.25) is 0 Å². The fourth-order valence-corrected chi connectivity index (χ4v) is 1.56. The highest BCUT2D eigenvalue weighted by molar-refractivity contribution is 5.50. The molecule has 1 aliphatic rings. The van der Waals surface area contributed by atoms with E-state index in [1.54, 1.807) is 0 Å². The number of hydrogen-bond donors (Lipinski definition) is 0. The molecule has 0 N–H and O–H groups in total. The Morgan fingerprint density at radius 2 is 2.42 bits per heavy atom. The maximum absolute atomic E-state index is 10.1. The minimum atomic E-state index is 0.224. The van der Waals surface area contributed by atoms with Gasteiger partial charge in [0, 0.05) is 0 Å². The van der Waals surface area contributed by atoms with E-state index < -0.39 is 0 Å². The van der Waals surface area contributed by atoms with Crippen molar-refractivity contribution in [2.24, 2.45) is 11.8 Å². The lowest BCUT2D eigenvalue weighted by molar-refractivity contribution is -0.114. The summed E-state index contributed by atoms with van der Waals surface area (Å²) in [5, 5.41) is 0. The highest BCUT2D eigenvalue weighted by Crippen LogP contribution is 2.42. The SMILES string of the molecule is C=CCC(OCC=O)C1CC1C. The maximum atomic E-state index is 10.1. The molecular formula is C10H16O2. The van der Waals surface area contributed by atoms with Crippen LogP contribution in [0.4, 0.5) is 0 Å². The summed E-state index contributed by atoms with van der Waals surface area (Å²) in [5.41, 5.74) is 0. The molecule has 2 heteroatoms. The van der Waals surface area contributed by atoms with Crippen molar-refractivity contribution in [3.8, 4) is 0 Å². The van der Waals surface area contributed by atoms with E-state index in [-0.39, 0.29) is 12.7 Å². The number of carbonyl (C=O) groups excluding carboxylic acids is 1. The molecule has 2 nitrogen and oxygen atoms in total. The average Bonchev–Trinajstić information content (AvgIpc) is 2.76. The van der Waals surface area contributed by atoms with Gasteiger partial charge >= 0.3 is 0 Å². The fraction of sp³-hybridized carbons (Fsp3) is 0.700. The number of hydrogen-bond acceptors (Lipinski definition) is 2. The summed E-state index contributed by atoms with van der Waals surface area (Å²) in [6.07, 6.45) is 4.99. The van der Waals surface area contributed by atoms with Crippen LogP contribution in [-0.2, 0) is 9.53 Å². The third kappa shape index (κ3) is 2.45. The van der Waals surface area contributed by atoms with E-state index >= 15 is 0 Å². The zero-order chi connectivity index (χ0) is 8.97. The van der Waals surface area contributed by atoms with Gasteiger partial charge in [-0.15, -0.1) is 6.58 Å². The fourth-order valence-electron chi connectivity index (χ4n) is 1.56. The smallest absolute Gasteiger partial charge is 0.145 e. The van der Waals surface area contributed by atoms with Crippen molar-refractivity contribution in [2.75, 3.05) is 6.61 Å². The summed E-state index contributed by atoms with van der Waals surface area (Å²) in [6, 6.07) is 0. The lowest BCUT2D eigenvalue weighted by Gasteiger charge is -2.13. The average molecular weight is 168 g/mol. The van der Waals surface area contributed by atoms with Crippen molar-refractivity contribution in [3.63, 3.8) is 0 Å². The Morgan fingerprint density at radius 3 is 2.83 bits per heavy atom. The second kappa shape index (κ2) is 4.41. The molecule has 0 aromatic rings. The molecule has 0 spiro atoms. The predicted molar refractivity (Wildman–Crippen MR) is 47.9 cm³/mol. The summed E-state index contributed by atoms with van der Waals surface area (Å²) in [7, 11) is 0. The molecule has 1 aliphatic carbocycles. The van der Waals surface area contributed by atoms with Gasteiger partial charge < -0.3 is 9.53 Å².